The smallest absolute Gasteiger partial charge is 0.220 e. The summed E-state index contributed by atoms with van der Waals surface area (Å²) in [5.41, 5.74) is 13.6. The summed E-state index contributed by atoms with van der Waals surface area (Å²) in [6.07, 6.45) is 8.74. The number of anilines is 1. The molecule has 4 N–H and O–H groups in total. The average Bonchev–Trinajstić information content (AvgIpc) is 3.10. The first-order valence-electron chi connectivity index (χ1n) is 8.14. The first-order valence-corrected chi connectivity index (χ1v) is 8.14. The molecule has 0 saturated heterocycles. The van der Waals surface area contributed by atoms with Gasteiger partial charge in [0.1, 0.15) is 5.66 Å². The summed E-state index contributed by atoms with van der Waals surface area (Å²) in [6, 6.07) is 7.98. The number of rotatable bonds is 2. The molecule has 0 bridgehead atoms. The van der Waals surface area contributed by atoms with E-state index in [2.05, 4.69) is 20.3 Å². The Balaban J connectivity index is 1.71. The fourth-order valence-electron chi connectivity index (χ4n) is 3.60. The van der Waals surface area contributed by atoms with Crippen molar-refractivity contribution in [1.82, 2.24) is 15.0 Å². The van der Waals surface area contributed by atoms with Gasteiger partial charge in [-0.05, 0) is 49.9 Å². The number of nitrogens with two attached hydrogens (primary N) is 2. The monoisotopic (exact) mass is 324 g/mol. The minimum absolute atomic E-state index is 0.268. The van der Waals surface area contributed by atoms with Crippen LogP contribution >= 0.6 is 0 Å². The lowest BCUT2D eigenvalue weighted by Gasteiger charge is -2.45. The predicted octanol–water partition coefficient (Wildman–Crippen LogP) is 1.38. The third kappa shape index (κ3) is 2.40. The Kier molecular flexibility index (Phi) is 3.44. The van der Waals surface area contributed by atoms with Gasteiger partial charge in [-0.15, -0.1) is 5.10 Å². The van der Waals surface area contributed by atoms with Gasteiger partial charge >= 0.3 is 0 Å². The van der Waals surface area contributed by atoms with Crippen molar-refractivity contribution in [1.29, 1.82) is 0 Å². The maximum Gasteiger partial charge on any atom is 0.220 e. The van der Waals surface area contributed by atoms with Gasteiger partial charge in [0.25, 0.3) is 0 Å². The second-order valence-electron chi connectivity index (χ2n) is 6.18. The molecule has 1 saturated carbocycles. The van der Waals surface area contributed by atoms with Crippen LogP contribution in [0.15, 0.2) is 46.6 Å². The van der Waals surface area contributed by atoms with Gasteiger partial charge < -0.3 is 11.5 Å². The Hall–Kier alpha value is -2.90. The maximum absolute atomic E-state index is 6.23. The normalized spacial score (nSPS) is 19.9. The second-order valence-corrected chi connectivity index (χ2v) is 6.18. The zero-order valence-electron chi connectivity index (χ0n) is 13.3. The highest BCUT2D eigenvalue weighted by Gasteiger charge is 2.42. The van der Waals surface area contributed by atoms with Crippen molar-refractivity contribution in [2.45, 2.75) is 37.8 Å². The van der Waals surface area contributed by atoms with Gasteiger partial charge in [0.2, 0.25) is 11.9 Å². The van der Waals surface area contributed by atoms with Gasteiger partial charge in [0, 0.05) is 5.69 Å². The minimum atomic E-state index is -0.414. The van der Waals surface area contributed by atoms with E-state index in [9.17, 15) is 0 Å². The van der Waals surface area contributed by atoms with E-state index in [1.54, 1.807) is 17.1 Å². The minimum Gasteiger partial charge on any atom is -0.369 e. The van der Waals surface area contributed by atoms with Crippen LogP contribution in [0.2, 0.25) is 0 Å². The zero-order valence-corrected chi connectivity index (χ0v) is 13.3. The van der Waals surface area contributed by atoms with Crippen LogP contribution in [0.25, 0.3) is 5.69 Å². The molecule has 1 aliphatic carbocycles. The van der Waals surface area contributed by atoms with Crippen LogP contribution < -0.4 is 16.4 Å². The number of aromatic nitrogens is 3. The highest BCUT2D eigenvalue weighted by molar-refractivity contribution is 6.05. The molecular weight excluding hydrogens is 304 g/mol. The lowest BCUT2D eigenvalue weighted by molar-refractivity contribution is 0.305. The van der Waals surface area contributed by atoms with Crippen LogP contribution in [-0.2, 0) is 0 Å². The van der Waals surface area contributed by atoms with Crippen molar-refractivity contribution in [3.05, 3.63) is 36.7 Å². The molecular formula is C16H20N8. The molecule has 1 aromatic carbocycles. The van der Waals surface area contributed by atoms with Crippen LogP contribution in [0.5, 0.6) is 0 Å². The molecule has 2 aromatic rings. The first-order chi connectivity index (χ1) is 11.7. The Morgan fingerprint density at radius 2 is 1.67 bits per heavy atom. The van der Waals surface area contributed by atoms with E-state index >= 15 is 0 Å². The fraction of sp³-hybridized carbons (Fsp3) is 0.375. The van der Waals surface area contributed by atoms with Crippen molar-refractivity contribution in [2.24, 2.45) is 21.5 Å². The number of guanidine groups is 2. The number of hydrogen-bond donors (Lipinski definition) is 2. The van der Waals surface area contributed by atoms with Crippen LogP contribution in [0.3, 0.4) is 0 Å². The van der Waals surface area contributed by atoms with Crippen LogP contribution in [0.4, 0.5) is 5.69 Å². The molecule has 1 aliphatic heterocycles. The largest absolute Gasteiger partial charge is 0.369 e. The van der Waals surface area contributed by atoms with Gasteiger partial charge in [-0.3, -0.25) is 4.90 Å². The summed E-state index contributed by atoms with van der Waals surface area (Å²) >= 11 is 0. The lowest BCUT2D eigenvalue weighted by Crippen LogP contribution is -2.58. The van der Waals surface area contributed by atoms with Gasteiger partial charge in [-0.2, -0.15) is 4.99 Å². The quantitative estimate of drug-likeness (QED) is 0.867. The maximum atomic E-state index is 6.23. The highest BCUT2D eigenvalue weighted by Crippen LogP contribution is 2.39. The Morgan fingerprint density at radius 3 is 2.33 bits per heavy atom. The summed E-state index contributed by atoms with van der Waals surface area (Å²) in [5.74, 6) is 0.669. The van der Waals surface area contributed by atoms with Crippen molar-refractivity contribution >= 4 is 17.6 Å². The molecule has 0 unspecified atom stereocenters. The summed E-state index contributed by atoms with van der Waals surface area (Å²) in [6.45, 7) is 0. The molecule has 8 heteroatoms. The standard InChI is InChI=1S/C16H20N8/c17-14-20-15(18)24(16(21-14)8-2-1-3-9-16)13-6-4-12(5-7-13)23-11-10-19-22-23/h4-7,10-11H,1-3,8-9H2,(H4,17,18,20,21). The highest BCUT2D eigenvalue weighted by atomic mass is 15.4. The summed E-state index contributed by atoms with van der Waals surface area (Å²) < 4.78 is 1.71. The van der Waals surface area contributed by atoms with E-state index in [4.69, 9.17) is 11.5 Å². The van der Waals surface area contributed by atoms with Gasteiger partial charge in [-0.1, -0.05) is 11.6 Å². The van der Waals surface area contributed by atoms with Crippen molar-refractivity contribution in [3.8, 4) is 5.69 Å². The lowest BCUT2D eigenvalue weighted by atomic mass is 9.87. The molecule has 1 spiro atoms. The summed E-state index contributed by atoms with van der Waals surface area (Å²) in [5, 5.41) is 7.83. The number of aliphatic imine (C=N–C) groups is 2. The van der Waals surface area contributed by atoms with Crippen molar-refractivity contribution < 1.29 is 0 Å². The Labute approximate surface area is 139 Å². The zero-order chi connectivity index (χ0) is 16.6. The molecule has 0 atom stereocenters. The van der Waals surface area contributed by atoms with E-state index in [0.717, 1.165) is 37.1 Å². The van der Waals surface area contributed by atoms with Crippen molar-refractivity contribution in [2.75, 3.05) is 4.90 Å². The van der Waals surface area contributed by atoms with Gasteiger partial charge in [0.15, 0.2) is 0 Å². The first kappa shape index (κ1) is 14.7. The molecule has 2 heterocycles. The van der Waals surface area contributed by atoms with E-state index in [1.807, 2.05) is 29.2 Å². The third-order valence-electron chi connectivity index (χ3n) is 4.65. The van der Waals surface area contributed by atoms with Crippen molar-refractivity contribution in [3.63, 3.8) is 0 Å². The number of nitrogens with zero attached hydrogens (tertiary/aromatic N) is 6. The van der Waals surface area contributed by atoms with E-state index in [-0.39, 0.29) is 5.96 Å². The molecule has 2 aliphatic rings. The Morgan fingerprint density at radius 1 is 0.958 bits per heavy atom. The molecule has 8 nitrogen and oxygen atoms in total. The van der Waals surface area contributed by atoms with Gasteiger partial charge in [0.05, 0.1) is 18.1 Å². The van der Waals surface area contributed by atoms with E-state index in [1.165, 1.54) is 6.42 Å². The molecule has 0 radical (unpaired) electrons. The number of benzene rings is 1. The van der Waals surface area contributed by atoms with Crippen LogP contribution in [0, 0.1) is 0 Å². The molecule has 24 heavy (non-hydrogen) atoms. The van der Waals surface area contributed by atoms with E-state index in [0.29, 0.717) is 5.96 Å². The van der Waals surface area contributed by atoms with Gasteiger partial charge in [-0.25, -0.2) is 9.67 Å². The second kappa shape index (κ2) is 5.63. The van der Waals surface area contributed by atoms with E-state index < -0.39 is 5.66 Å². The topological polar surface area (TPSA) is 111 Å². The van der Waals surface area contributed by atoms with Crippen LogP contribution in [-0.4, -0.2) is 32.6 Å². The average molecular weight is 324 g/mol. The molecule has 0 amide bonds. The molecule has 1 aromatic heterocycles. The molecule has 124 valence electrons. The number of hydrogen-bond acceptors (Lipinski definition) is 7. The summed E-state index contributed by atoms with van der Waals surface area (Å²) in [4.78, 5) is 10.9. The Bertz CT molecular complexity index is 769. The fourth-order valence-corrected chi connectivity index (χ4v) is 3.60. The summed E-state index contributed by atoms with van der Waals surface area (Å²) in [7, 11) is 0. The predicted molar refractivity (Wildman–Crippen MR) is 92.9 cm³/mol. The molecule has 1 fully saturated rings. The SMILES string of the molecule is NC1=NC2(CCCCC2)N(c2ccc(-n3ccnn3)cc2)C(N)=N1. The molecule has 4 rings (SSSR count). The van der Waals surface area contributed by atoms with Crippen LogP contribution in [0.1, 0.15) is 32.1 Å². The third-order valence-corrected chi connectivity index (χ3v) is 4.65.